The third kappa shape index (κ3) is 5.10. The predicted octanol–water partition coefficient (Wildman–Crippen LogP) is 2.75. The van der Waals surface area contributed by atoms with Crippen LogP contribution in [0.3, 0.4) is 0 Å². The molecule has 3 nitrogen and oxygen atoms in total. The molecule has 0 aliphatic heterocycles. The van der Waals surface area contributed by atoms with Gasteiger partial charge in [0.15, 0.2) is 0 Å². The van der Waals surface area contributed by atoms with E-state index in [4.69, 9.17) is 5.11 Å². The van der Waals surface area contributed by atoms with Crippen molar-refractivity contribution >= 4 is 0 Å². The third-order valence-corrected chi connectivity index (χ3v) is 4.74. The number of hydrogen-bond donors (Lipinski definition) is 2. The zero-order valence-corrected chi connectivity index (χ0v) is 13.5. The van der Waals surface area contributed by atoms with Crippen molar-refractivity contribution in [1.82, 2.24) is 10.2 Å². The molecule has 0 amide bonds. The Kier molecular flexibility index (Phi) is 6.68. The van der Waals surface area contributed by atoms with Gasteiger partial charge in [0.1, 0.15) is 0 Å². The minimum Gasteiger partial charge on any atom is -0.396 e. The van der Waals surface area contributed by atoms with Crippen molar-refractivity contribution in [3.8, 4) is 0 Å². The Hall–Kier alpha value is -0.900. The molecule has 1 aromatic carbocycles. The van der Waals surface area contributed by atoms with Crippen LogP contribution in [0.2, 0.25) is 0 Å². The lowest BCUT2D eigenvalue weighted by atomic mass is 9.81. The molecule has 118 valence electrons. The Morgan fingerprint density at radius 3 is 2.38 bits per heavy atom. The van der Waals surface area contributed by atoms with Crippen LogP contribution in [0.4, 0.5) is 0 Å². The average Bonchev–Trinajstić information content (AvgIpc) is 2.54. The summed E-state index contributed by atoms with van der Waals surface area (Å²) in [5, 5.41) is 12.3. The van der Waals surface area contributed by atoms with E-state index >= 15 is 0 Å². The molecule has 0 radical (unpaired) electrons. The van der Waals surface area contributed by atoms with Crippen molar-refractivity contribution in [2.45, 2.75) is 50.6 Å². The molecule has 3 heteroatoms. The molecule has 0 unspecified atom stereocenters. The van der Waals surface area contributed by atoms with E-state index in [1.165, 1.54) is 36.8 Å². The summed E-state index contributed by atoms with van der Waals surface area (Å²) >= 11 is 0. The number of nitrogens with zero attached hydrogens (tertiary/aromatic N) is 1. The van der Waals surface area contributed by atoms with E-state index < -0.39 is 0 Å². The molecule has 0 aromatic heterocycles. The Morgan fingerprint density at radius 2 is 1.81 bits per heavy atom. The molecule has 2 N–H and O–H groups in total. The average molecular weight is 290 g/mol. The summed E-state index contributed by atoms with van der Waals surface area (Å²) in [6.07, 6.45) is 6.06. The zero-order valence-electron chi connectivity index (χ0n) is 13.5. The fourth-order valence-electron chi connectivity index (χ4n) is 3.34. The van der Waals surface area contributed by atoms with Gasteiger partial charge in [-0.15, -0.1) is 0 Å². The van der Waals surface area contributed by atoms with Crippen LogP contribution in [0.25, 0.3) is 0 Å². The smallest absolute Gasteiger partial charge is 0.0443 e. The number of hydrogen-bond acceptors (Lipinski definition) is 3. The fraction of sp³-hybridized carbons (Fsp3) is 0.667. The van der Waals surface area contributed by atoms with Crippen LogP contribution in [0.5, 0.6) is 0 Å². The summed E-state index contributed by atoms with van der Waals surface area (Å²) in [5.41, 5.74) is 2.87. The Balaban J connectivity index is 1.84. The topological polar surface area (TPSA) is 35.5 Å². The lowest BCUT2D eigenvalue weighted by Gasteiger charge is -2.28. The Bertz CT molecular complexity index is 396. The highest BCUT2D eigenvalue weighted by Crippen LogP contribution is 2.32. The molecule has 1 aliphatic carbocycles. The van der Waals surface area contributed by atoms with E-state index in [0.29, 0.717) is 0 Å². The summed E-state index contributed by atoms with van der Waals surface area (Å²) in [6, 6.07) is 9.91. The first-order valence-corrected chi connectivity index (χ1v) is 8.28. The molecule has 0 saturated heterocycles. The van der Waals surface area contributed by atoms with Crippen LogP contribution >= 0.6 is 0 Å². The second-order valence-electron chi connectivity index (χ2n) is 6.39. The first-order chi connectivity index (χ1) is 10.2. The normalized spacial score (nSPS) is 22.7. The predicted molar refractivity (Wildman–Crippen MR) is 88.5 cm³/mol. The van der Waals surface area contributed by atoms with Gasteiger partial charge in [0.05, 0.1) is 0 Å². The largest absolute Gasteiger partial charge is 0.396 e. The summed E-state index contributed by atoms with van der Waals surface area (Å²) < 4.78 is 0. The van der Waals surface area contributed by atoms with Crippen LogP contribution < -0.4 is 5.32 Å². The van der Waals surface area contributed by atoms with Gasteiger partial charge in [-0.25, -0.2) is 0 Å². The quantitative estimate of drug-likeness (QED) is 0.810. The number of aliphatic hydroxyl groups excluding tert-OH is 1. The maximum atomic E-state index is 8.87. The second-order valence-corrected chi connectivity index (χ2v) is 6.39. The van der Waals surface area contributed by atoms with Crippen LogP contribution in [-0.4, -0.2) is 43.3 Å². The molecule has 1 aromatic rings. The lowest BCUT2D eigenvalue weighted by molar-refractivity contribution is 0.244. The minimum absolute atomic E-state index is 0.276. The van der Waals surface area contributed by atoms with Gasteiger partial charge in [0, 0.05) is 25.7 Å². The molecule has 21 heavy (non-hydrogen) atoms. The van der Waals surface area contributed by atoms with Crippen molar-refractivity contribution in [3.63, 3.8) is 0 Å². The second kappa shape index (κ2) is 8.52. The summed E-state index contributed by atoms with van der Waals surface area (Å²) in [4.78, 5) is 2.27. The van der Waals surface area contributed by atoms with E-state index in [9.17, 15) is 0 Å². The molecule has 0 heterocycles. The Labute approximate surface area is 129 Å². The molecule has 1 aliphatic rings. The molecular formula is C18H30N2O. The molecule has 0 bridgehead atoms. The monoisotopic (exact) mass is 290 g/mol. The zero-order chi connectivity index (χ0) is 15.1. The number of benzene rings is 1. The first kappa shape index (κ1) is 16.5. The van der Waals surface area contributed by atoms with Crippen molar-refractivity contribution in [3.05, 3.63) is 35.4 Å². The molecule has 2 rings (SSSR count). The van der Waals surface area contributed by atoms with Gasteiger partial charge in [0.2, 0.25) is 0 Å². The molecular weight excluding hydrogens is 260 g/mol. The van der Waals surface area contributed by atoms with Crippen molar-refractivity contribution in [2.75, 3.05) is 27.2 Å². The van der Waals surface area contributed by atoms with E-state index in [0.717, 1.165) is 31.5 Å². The molecule has 0 atom stereocenters. The summed E-state index contributed by atoms with van der Waals surface area (Å²) in [6.45, 7) is 2.19. The van der Waals surface area contributed by atoms with Gasteiger partial charge >= 0.3 is 0 Å². The summed E-state index contributed by atoms with van der Waals surface area (Å²) in [7, 11) is 4.19. The van der Waals surface area contributed by atoms with E-state index in [2.05, 4.69) is 48.6 Å². The maximum Gasteiger partial charge on any atom is 0.0443 e. The van der Waals surface area contributed by atoms with Gasteiger partial charge < -0.3 is 15.3 Å². The van der Waals surface area contributed by atoms with E-state index in [1.54, 1.807) is 0 Å². The highest BCUT2D eigenvalue weighted by atomic mass is 16.3. The standard InChI is InChI=1S/C18H30N2O/c1-19-18-10-8-17(9-11-18)16-6-4-15(5-7-16)14-20(2)12-3-13-21/h4-7,17-19,21H,3,8-14H2,1-2H3. The Morgan fingerprint density at radius 1 is 1.14 bits per heavy atom. The number of aliphatic hydroxyl groups is 1. The van der Waals surface area contributed by atoms with Crippen molar-refractivity contribution in [1.29, 1.82) is 0 Å². The van der Waals surface area contributed by atoms with Crippen LogP contribution in [0.15, 0.2) is 24.3 Å². The molecule has 0 spiro atoms. The highest BCUT2D eigenvalue weighted by Gasteiger charge is 2.21. The van der Waals surface area contributed by atoms with Gasteiger partial charge in [-0.2, -0.15) is 0 Å². The number of nitrogens with one attached hydrogen (secondary N) is 1. The van der Waals surface area contributed by atoms with Crippen LogP contribution in [-0.2, 0) is 6.54 Å². The van der Waals surface area contributed by atoms with Gasteiger partial charge in [-0.3, -0.25) is 0 Å². The molecule has 1 saturated carbocycles. The van der Waals surface area contributed by atoms with E-state index in [-0.39, 0.29) is 6.61 Å². The van der Waals surface area contributed by atoms with Crippen LogP contribution in [0.1, 0.15) is 49.1 Å². The SMILES string of the molecule is CNC1CCC(c2ccc(CN(C)CCCO)cc2)CC1. The molecule has 1 fully saturated rings. The highest BCUT2D eigenvalue weighted by molar-refractivity contribution is 5.25. The minimum atomic E-state index is 0.276. The first-order valence-electron chi connectivity index (χ1n) is 8.28. The van der Waals surface area contributed by atoms with Gasteiger partial charge in [-0.05, 0) is 63.2 Å². The summed E-state index contributed by atoms with van der Waals surface area (Å²) in [5.74, 6) is 0.746. The van der Waals surface area contributed by atoms with E-state index in [1.807, 2.05) is 0 Å². The van der Waals surface area contributed by atoms with Crippen molar-refractivity contribution < 1.29 is 5.11 Å². The number of rotatable bonds is 7. The lowest BCUT2D eigenvalue weighted by Crippen LogP contribution is -2.29. The van der Waals surface area contributed by atoms with Gasteiger partial charge in [0.25, 0.3) is 0 Å². The maximum absolute atomic E-state index is 8.87. The fourth-order valence-corrected chi connectivity index (χ4v) is 3.34. The van der Waals surface area contributed by atoms with Crippen molar-refractivity contribution in [2.24, 2.45) is 0 Å². The third-order valence-electron chi connectivity index (χ3n) is 4.74. The van der Waals surface area contributed by atoms with Gasteiger partial charge in [-0.1, -0.05) is 24.3 Å². The van der Waals surface area contributed by atoms with Crippen LogP contribution in [0, 0.1) is 0 Å².